The third-order valence-corrected chi connectivity index (χ3v) is 3.04. The van der Waals surface area contributed by atoms with Crippen molar-refractivity contribution in [3.05, 3.63) is 12.0 Å². The first kappa shape index (κ1) is 11.0. The van der Waals surface area contributed by atoms with Crippen LogP contribution in [0.3, 0.4) is 0 Å². The molecule has 5 heteroatoms. The number of nitrogens with zero attached hydrogens (tertiary/aromatic N) is 2. The Morgan fingerprint density at radius 3 is 3.00 bits per heavy atom. The number of nitrogen functional groups attached to an aromatic ring is 1. The number of rotatable bonds is 4. The minimum atomic E-state index is -0.443. The van der Waals surface area contributed by atoms with E-state index in [9.17, 15) is 4.79 Å². The summed E-state index contributed by atoms with van der Waals surface area (Å²) in [5.41, 5.74) is 6.13. The van der Waals surface area contributed by atoms with Crippen LogP contribution in [0, 0.1) is 5.92 Å². The highest BCUT2D eigenvalue weighted by Gasteiger charge is 2.31. The van der Waals surface area contributed by atoms with E-state index in [1.54, 1.807) is 13.3 Å². The molecule has 1 aromatic heterocycles. The van der Waals surface area contributed by atoms with Gasteiger partial charge in [0, 0.05) is 6.04 Å². The molecule has 2 N–H and O–H groups in total. The zero-order valence-electron chi connectivity index (χ0n) is 9.64. The van der Waals surface area contributed by atoms with Crippen molar-refractivity contribution in [3.8, 4) is 0 Å². The van der Waals surface area contributed by atoms with Gasteiger partial charge in [0.15, 0.2) is 5.69 Å². The summed E-state index contributed by atoms with van der Waals surface area (Å²) in [6, 6.07) is 0.315. The highest BCUT2D eigenvalue weighted by Crippen LogP contribution is 2.40. The van der Waals surface area contributed by atoms with Crippen LogP contribution >= 0.6 is 0 Å². The van der Waals surface area contributed by atoms with Crippen LogP contribution in [0.25, 0.3) is 0 Å². The first-order chi connectivity index (χ1) is 7.65. The van der Waals surface area contributed by atoms with Crippen LogP contribution < -0.4 is 5.73 Å². The van der Waals surface area contributed by atoms with E-state index in [1.807, 2.05) is 4.57 Å². The maximum atomic E-state index is 11.5. The Hall–Kier alpha value is -1.52. The minimum absolute atomic E-state index is 0.231. The van der Waals surface area contributed by atoms with Crippen molar-refractivity contribution in [2.75, 3.05) is 12.3 Å². The fraction of sp³-hybridized carbons (Fsp3) is 0.636. The molecule has 5 nitrogen and oxygen atoms in total. The van der Waals surface area contributed by atoms with Gasteiger partial charge in [0.1, 0.15) is 5.82 Å². The first-order valence-corrected chi connectivity index (χ1v) is 5.64. The van der Waals surface area contributed by atoms with Crippen LogP contribution in [-0.4, -0.2) is 22.1 Å². The predicted molar refractivity (Wildman–Crippen MR) is 60.0 cm³/mol. The molecule has 0 amide bonds. The number of nitrogens with two attached hydrogens (primary N) is 1. The van der Waals surface area contributed by atoms with Gasteiger partial charge in [-0.25, -0.2) is 9.78 Å². The molecular weight excluding hydrogens is 206 g/mol. The van der Waals surface area contributed by atoms with Crippen molar-refractivity contribution in [2.24, 2.45) is 5.92 Å². The zero-order valence-corrected chi connectivity index (χ0v) is 9.64. The van der Waals surface area contributed by atoms with E-state index in [0.717, 1.165) is 0 Å². The van der Waals surface area contributed by atoms with Crippen LogP contribution in [0.15, 0.2) is 6.33 Å². The fourth-order valence-electron chi connectivity index (χ4n) is 1.86. The van der Waals surface area contributed by atoms with E-state index in [-0.39, 0.29) is 5.69 Å². The summed E-state index contributed by atoms with van der Waals surface area (Å²) in [6.07, 6.45) is 4.09. The lowest BCUT2D eigenvalue weighted by molar-refractivity contribution is 0.0521. The molecule has 0 radical (unpaired) electrons. The molecule has 2 rings (SSSR count). The van der Waals surface area contributed by atoms with Crippen molar-refractivity contribution in [1.29, 1.82) is 0 Å². The molecule has 0 spiro atoms. The highest BCUT2D eigenvalue weighted by atomic mass is 16.5. The monoisotopic (exact) mass is 223 g/mol. The Bertz CT molecular complexity index is 396. The summed E-state index contributed by atoms with van der Waals surface area (Å²) in [6.45, 7) is 4.20. The molecule has 0 aliphatic heterocycles. The number of hydrogen-bond donors (Lipinski definition) is 1. The zero-order chi connectivity index (χ0) is 11.7. The Kier molecular flexibility index (Phi) is 2.85. The standard InChI is InChI=1S/C11H17N3O2/c1-3-16-11(15)9-10(12)14(6-13-9)7(2)8-4-5-8/h6-8H,3-5,12H2,1-2H3. The SMILES string of the molecule is CCOC(=O)c1ncn(C(C)C2CC2)c1N. The molecule has 0 saturated heterocycles. The largest absolute Gasteiger partial charge is 0.461 e. The minimum Gasteiger partial charge on any atom is -0.461 e. The normalized spacial score (nSPS) is 17.1. The summed E-state index contributed by atoms with van der Waals surface area (Å²) >= 11 is 0. The van der Waals surface area contributed by atoms with Gasteiger partial charge in [0.25, 0.3) is 0 Å². The Balaban J connectivity index is 2.19. The number of aromatic nitrogens is 2. The maximum Gasteiger partial charge on any atom is 0.360 e. The Morgan fingerprint density at radius 2 is 2.44 bits per heavy atom. The molecule has 1 aliphatic rings. The number of imidazole rings is 1. The number of carbonyl (C=O) groups excluding carboxylic acids is 1. The molecular formula is C11H17N3O2. The van der Waals surface area contributed by atoms with Gasteiger partial charge in [-0.3, -0.25) is 0 Å². The second kappa shape index (κ2) is 4.15. The third-order valence-electron chi connectivity index (χ3n) is 3.04. The van der Waals surface area contributed by atoms with Crippen LogP contribution in [0.5, 0.6) is 0 Å². The molecule has 1 fully saturated rings. The average molecular weight is 223 g/mol. The number of hydrogen-bond acceptors (Lipinski definition) is 4. The summed E-state index contributed by atoms with van der Waals surface area (Å²) in [7, 11) is 0. The number of ether oxygens (including phenoxy) is 1. The first-order valence-electron chi connectivity index (χ1n) is 5.64. The van der Waals surface area contributed by atoms with E-state index in [4.69, 9.17) is 10.5 Å². The van der Waals surface area contributed by atoms with Crippen LogP contribution in [-0.2, 0) is 4.74 Å². The second-order valence-corrected chi connectivity index (χ2v) is 4.18. The van der Waals surface area contributed by atoms with E-state index in [2.05, 4.69) is 11.9 Å². The van der Waals surface area contributed by atoms with Gasteiger partial charge in [0.05, 0.1) is 12.9 Å². The second-order valence-electron chi connectivity index (χ2n) is 4.18. The van der Waals surface area contributed by atoms with Gasteiger partial charge in [-0.05, 0) is 32.6 Å². The van der Waals surface area contributed by atoms with Crippen molar-refractivity contribution >= 4 is 11.8 Å². The molecule has 1 aromatic rings. The topological polar surface area (TPSA) is 70.1 Å². The van der Waals surface area contributed by atoms with E-state index >= 15 is 0 Å². The number of esters is 1. The summed E-state index contributed by atoms with van der Waals surface area (Å²) in [5.74, 6) is 0.645. The molecule has 1 heterocycles. The van der Waals surface area contributed by atoms with E-state index in [1.165, 1.54) is 12.8 Å². The summed E-state index contributed by atoms with van der Waals surface area (Å²) in [4.78, 5) is 15.5. The lowest BCUT2D eigenvalue weighted by atomic mass is 10.2. The van der Waals surface area contributed by atoms with Crippen molar-refractivity contribution in [2.45, 2.75) is 32.7 Å². The molecule has 0 aromatic carbocycles. The van der Waals surface area contributed by atoms with Gasteiger partial charge in [0.2, 0.25) is 0 Å². The average Bonchev–Trinajstić information content (AvgIpc) is 3.02. The lowest BCUT2D eigenvalue weighted by Gasteiger charge is -2.13. The Morgan fingerprint density at radius 1 is 1.75 bits per heavy atom. The van der Waals surface area contributed by atoms with Gasteiger partial charge in [-0.1, -0.05) is 0 Å². The molecule has 16 heavy (non-hydrogen) atoms. The quantitative estimate of drug-likeness (QED) is 0.787. The molecule has 1 unspecified atom stereocenters. The summed E-state index contributed by atoms with van der Waals surface area (Å²) in [5, 5.41) is 0. The molecule has 88 valence electrons. The van der Waals surface area contributed by atoms with Crippen molar-refractivity contribution in [1.82, 2.24) is 9.55 Å². The van der Waals surface area contributed by atoms with Crippen LogP contribution in [0.4, 0.5) is 5.82 Å². The van der Waals surface area contributed by atoms with Crippen molar-refractivity contribution < 1.29 is 9.53 Å². The highest BCUT2D eigenvalue weighted by molar-refractivity contribution is 5.92. The third kappa shape index (κ3) is 1.89. The van der Waals surface area contributed by atoms with Crippen LogP contribution in [0.2, 0.25) is 0 Å². The molecule has 0 bridgehead atoms. The van der Waals surface area contributed by atoms with Gasteiger partial charge < -0.3 is 15.0 Å². The predicted octanol–water partition coefficient (Wildman–Crippen LogP) is 1.61. The maximum absolute atomic E-state index is 11.5. The lowest BCUT2D eigenvalue weighted by Crippen LogP contribution is -2.12. The fourth-order valence-corrected chi connectivity index (χ4v) is 1.86. The van der Waals surface area contributed by atoms with E-state index < -0.39 is 5.97 Å². The molecule has 1 atom stereocenters. The Labute approximate surface area is 94.6 Å². The molecule has 1 aliphatic carbocycles. The van der Waals surface area contributed by atoms with Gasteiger partial charge >= 0.3 is 5.97 Å². The summed E-state index contributed by atoms with van der Waals surface area (Å²) < 4.78 is 6.75. The van der Waals surface area contributed by atoms with Gasteiger partial charge in [-0.15, -0.1) is 0 Å². The van der Waals surface area contributed by atoms with Gasteiger partial charge in [-0.2, -0.15) is 0 Å². The number of anilines is 1. The van der Waals surface area contributed by atoms with E-state index in [0.29, 0.717) is 24.4 Å². The smallest absolute Gasteiger partial charge is 0.360 e. The van der Waals surface area contributed by atoms with Crippen LogP contribution in [0.1, 0.15) is 43.2 Å². The molecule has 1 saturated carbocycles. The van der Waals surface area contributed by atoms with Crippen molar-refractivity contribution in [3.63, 3.8) is 0 Å². The number of carbonyl (C=O) groups is 1.